The summed E-state index contributed by atoms with van der Waals surface area (Å²) >= 11 is 7.58. The Kier molecular flexibility index (Phi) is 5.31. The van der Waals surface area contributed by atoms with E-state index in [1.54, 1.807) is 17.5 Å². The lowest BCUT2D eigenvalue weighted by Gasteiger charge is -2.17. The van der Waals surface area contributed by atoms with Crippen LogP contribution in [0, 0.1) is 6.92 Å². The summed E-state index contributed by atoms with van der Waals surface area (Å²) in [5.74, 6) is 0. The van der Waals surface area contributed by atoms with Gasteiger partial charge < -0.3 is 5.32 Å². The minimum absolute atomic E-state index is 0.193. The Morgan fingerprint density at radius 1 is 1.42 bits per heavy atom. The van der Waals surface area contributed by atoms with Crippen LogP contribution in [-0.2, 0) is 6.42 Å². The molecule has 2 rings (SSSR count). The lowest BCUT2D eigenvalue weighted by molar-refractivity contribution is 0.514. The van der Waals surface area contributed by atoms with Crippen LogP contribution >= 0.6 is 22.9 Å². The topological polar surface area (TPSA) is 37.8 Å². The summed E-state index contributed by atoms with van der Waals surface area (Å²) in [6, 6.07) is 4.06. The van der Waals surface area contributed by atoms with Crippen molar-refractivity contribution in [2.45, 2.75) is 32.7 Å². The fourth-order valence-electron chi connectivity index (χ4n) is 1.90. The second-order valence-corrected chi connectivity index (χ2v) is 5.97. The summed E-state index contributed by atoms with van der Waals surface area (Å²) < 4.78 is 0. The number of pyridine rings is 1. The van der Waals surface area contributed by atoms with Gasteiger partial charge in [-0.1, -0.05) is 18.5 Å². The van der Waals surface area contributed by atoms with Gasteiger partial charge in [-0.05, 0) is 32.0 Å². The van der Waals surface area contributed by atoms with Crippen molar-refractivity contribution in [1.29, 1.82) is 0 Å². The predicted molar refractivity (Wildman–Crippen MR) is 80.8 cm³/mol. The van der Waals surface area contributed by atoms with Crippen molar-refractivity contribution in [3.63, 3.8) is 0 Å². The normalized spacial score (nSPS) is 12.6. The van der Waals surface area contributed by atoms with Crippen LogP contribution in [0.1, 0.15) is 35.8 Å². The number of nitrogens with one attached hydrogen (secondary N) is 1. The molecule has 19 heavy (non-hydrogen) atoms. The first kappa shape index (κ1) is 14.4. The van der Waals surface area contributed by atoms with E-state index in [9.17, 15) is 0 Å². The average Bonchev–Trinajstić information content (AvgIpc) is 2.81. The van der Waals surface area contributed by atoms with Crippen molar-refractivity contribution < 1.29 is 0 Å². The van der Waals surface area contributed by atoms with E-state index < -0.39 is 0 Å². The van der Waals surface area contributed by atoms with Gasteiger partial charge in [0.15, 0.2) is 0 Å². The van der Waals surface area contributed by atoms with E-state index in [1.165, 1.54) is 0 Å². The Morgan fingerprint density at radius 2 is 2.26 bits per heavy atom. The average molecular weight is 296 g/mol. The molecule has 1 atom stereocenters. The molecular formula is C14H18ClN3S. The van der Waals surface area contributed by atoms with Crippen LogP contribution in [0.5, 0.6) is 0 Å². The Labute approximate surface area is 123 Å². The largest absolute Gasteiger partial charge is 0.308 e. The van der Waals surface area contributed by atoms with Gasteiger partial charge in [0.05, 0.1) is 27.5 Å². The second kappa shape index (κ2) is 6.98. The van der Waals surface area contributed by atoms with E-state index >= 15 is 0 Å². The van der Waals surface area contributed by atoms with Crippen molar-refractivity contribution in [2.24, 2.45) is 0 Å². The third-order valence-electron chi connectivity index (χ3n) is 2.83. The standard InChI is InChI=1S/C14H18ClN3S/c1-3-6-16-14(7-12-9-19-10(2)18-12)13-5-4-11(15)8-17-13/h4-5,8-9,14,16H,3,6-7H2,1-2H3. The molecule has 1 unspecified atom stereocenters. The zero-order valence-electron chi connectivity index (χ0n) is 11.2. The molecule has 0 bridgehead atoms. The highest BCUT2D eigenvalue weighted by Gasteiger charge is 2.14. The third kappa shape index (κ3) is 4.27. The summed E-state index contributed by atoms with van der Waals surface area (Å²) in [6.45, 7) is 5.16. The van der Waals surface area contributed by atoms with Crippen molar-refractivity contribution in [3.05, 3.63) is 45.1 Å². The molecule has 0 aliphatic carbocycles. The lowest BCUT2D eigenvalue weighted by atomic mass is 10.1. The van der Waals surface area contributed by atoms with Gasteiger partial charge in [0.25, 0.3) is 0 Å². The number of hydrogen-bond donors (Lipinski definition) is 1. The molecular weight excluding hydrogens is 278 g/mol. The quantitative estimate of drug-likeness (QED) is 0.881. The number of hydrogen-bond acceptors (Lipinski definition) is 4. The highest BCUT2D eigenvalue weighted by Crippen LogP contribution is 2.19. The molecule has 0 amide bonds. The molecule has 0 saturated carbocycles. The van der Waals surface area contributed by atoms with Crippen LogP contribution in [0.15, 0.2) is 23.7 Å². The zero-order valence-corrected chi connectivity index (χ0v) is 12.8. The maximum Gasteiger partial charge on any atom is 0.0897 e. The molecule has 2 aromatic rings. The number of nitrogens with zero attached hydrogens (tertiary/aromatic N) is 2. The molecule has 0 saturated heterocycles. The monoisotopic (exact) mass is 295 g/mol. The van der Waals surface area contributed by atoms with E-state index in [1.807, 2.05) is 19.1 Å². The van der Waals surface area contributed by atoms with Crippen LogP contribution in [-0.4, -0.2) is 16.5 Å². The molecule has 5 heteroatoms. The molecule has 0 aromatic carbocycles. The van der Waals surface area contributed by atoms with Gasteiger partial charge in [-0.2, -0.15) is 0 Å². The molecule has 2 heterocycles. The van der Waals surface area contributed by atoms with Gasteiger partial charge >= 0.3 is 0 Å². The first-order valence-corrected chi connectivity index (χ1v) is 7.70. The smallest absolute Gasteiger partial charge is 0.0897 e. The summed E-state index contributed by atoms with van der Waals surface area (Å²) in [4.78, 5) is 8.94. The molecule has 1 N–H and O–H groups in total. The van der Waals surface area contributed by atoms with E-state index in [2.05, 4.69) is 27.6 Å². The SMILES string of the molecule is CCCNC(Cc1csc(C)n1)c1ccc(Cl)cn1. The minimum Gasteiger partial charge on any atom is -0.308 e. The number of rotatable bonds is 6. The van der Waals surface area contributed by atoms with Crippen molar-refractivity contribution >= 4 is 22.9 Å². The highest BCUT2D eigenvalue weighted by molar-refractivity contribution is 7.09. The van der Waals surface area contributed by atoms with E-state index in [0.29, 0.717) is 5.02 Å². The van der Waals surface area contributed by atoms with Crippen LogP contribution in [0.3, 0.4) is 0 Å². The molecule has 0 fully saturated rings. The summed E-state index contributed by atoms with van der Waals surface area (Å²) in [5, 5.41) is 7.41. The van der Waals surface area contributed by atoms with Crippen molar-refractivity contribution in [3.8, 4) is 0 Å². The summed E-state index contributed by atoms with van der Waals surface area (Å²) in [7, 11) is 0. The molecule has 3 nitrogen and oxygen atoms in total. The van der Waals surface area contributed by atoms with Crippen LogP contribution in [0.25, 0.3) is 0 Å². The minimum atomic E-state index is 0.193. The molecule has 0 aliphatic rings. The van der Waals surface area contributed by atoms with Crippen LogP contribution in [0.4, 0.5) is 0 Å². The molecule has 0 radical (unpaired) electrons. The second-order valence-electron chi connectivity index (χ2n) is 4.47. The maximum atomic E-state index is 5.89. The fourth-order valence-corrected chi connectivity index (χ4v) is 2.64. The van der Waals surface area contributed by atoms with Gasteiger partial charge in [-0.15, -0.1) is 11.3 Å². The molecule has 2 aromatic heterocycles. The summed E-state index contributed by atoms with van der Waals surface area (Å²) in [6.07, 6.45) is 3.66. The van der Waals surface area contributed by atoms with Gasteiger partial charge in [0, 0.05) is 18.0 Å². The third-order valence-corrected chi connectivity index (χ3v) is 3.87. The fraction of sp³-hybridized carbons (Fsp3) is 0.429. The van der Waals surface area contributed by atoms with Gasteiger partial charge in [-0.3, -0.25) is 4.98 Å². The maximum absolute atomic E-state index is 5.89. The van der Waals surface area contributed by atoms with E-state index in [0.717, 1.165) is 35.8 Å². The van der Waals surface area contributed by atoms with Gasteiger partial charge in [0.2, 0.25) is 0 Å². The summed E-state index contributed by atoms with van der Waals surface area (Å²) in [5.41, 5.74) is 2.14. The number of thiazole rings is 1. The Balaban J connectivity index is 2.13. The van der Waals surface area contributed by atoms with Crippen LogP contribution < -0.4 is 5.32 Å². The Bertz CT molecular complexity index is 510. The number of halogens is 1. The van der Waals surface area contributed by atoms with Gasteiger partial charge in [-0.25, -0.2) is 4.98 Å². The van der Waals surface area contributed by atoms with Crippen LogP contribution in [0.2, 0.25) is 5.02 Å². The molecule has 0 spiro atoms. The Hall–Kier alpha value is -0.970. The Morgan fingerprint density at radius 3 is 2.84 bits per heavy atom. The number of aromatic nitrogens is 2. The molecule has 0 aliphatic heterocycles. The first-order chi connectivity index (χ1) is 9.19. The molecule has 102 valence electrons. The first-order valence-electron chi connectivity index (χ1n) is 6.45. The zero-order chi connectivity index (χ0) is 13.7. The predicted octanol–water partition coefficient (Wildman–Crippen LogP) is 3.78. The van der Waals surface area contributed by atoms with E-state index in [-0.39, 0.29) is 6.04 Å². The van der Waals surface area contributed by atoms with E-state index in [4.69, 9.17) is 11.6 Å². The number of aryl methyl sites for hydroxylation is 1. The highest BCUT2D eigenvalue weighted by atomic mass is 35.5. The van der Waals surface area contributed by atoms with Crippen molar-refractivity contribution in [2.75, 3.05) is 6.54 Å². The van der Waals surface area contributed by atoms with Gasteiger partial charge in [0.1, 0.15) is 0 Å². The lowest BCUT2D eigenvalue weighted by Crippen LogP contribution is -2.25. The van der Waals surface area contributed by atoms with Crippen molar-refractivity contribution in [1.82, 2.24) is 15.3 Å².